The molecule has 1 rings (SSSR count). The minimum Gasteiger partial charge on any atom is -0.378 e. The van der Waals surface area contributed by atoms with Gasteiger partial charge in [-0.05, 0) is 15.9 Å². The molecule has 0 aliphatic rings. The van der Waals surface area contributed by atoms with Crippen LogP contribution in [0.2, 0.25) is 0 Å². The Labute approximate surface area is 68.1 Å². The third-order valence-corrected chi connectivity index (χ3v) is 1.95. The molecule has 0 saturated carbocycles. The molecule has 56 valence electrons. The van der Waals surface area contributed by atoms with Crippen molar-refractivity contribution in [2.75, 3.05) is 7.11 Å². The van der Waals surface area contributed by atoms with Crippen LogP contribution < -0.4 is 0 Å². The molecule has 0 aliphatic carbocycles. The summed E-state index contributed by atoms with van der Waals surface area (Å²) in [4.78, 5) is 0. The first kappa shape index (κ1) is 7.75. The summed E-state index contributed by atoms with van der Waals surface area (Å²) in [6, 6.07) is 0. The quantitative estimate of drug-likeness (QED) is 0.728. The van der Waals surface area contributed by atoms with Crippen LogP contribution in [0.5, 0.6) is 0 Å². The normalized spacial score (nSPS) is 10.3. The first-order valence-electron chi connectivity index (χ1n) is 2.91. The maximum Gasteiger partial charge on any atom is 0.0892 e. The summed E-state index contributed by atoms with van der Waals surface area (Å²) in [5.41, 5.74) is 1.06. The van der Waals surface area contributed by atoms with E-state index in [1.54, 1.807) is 18.0 Å². The van der Waals surface area contributed by atoms with E-state index in [4.69, 9.17) is 4.74 Å². The fraction of sp³-hybridized carbons (Fsp3) is 0.500. The molecule has 0 unspecified atom stereocenters. The van der Waals surface area contributed by atoms with E-state index in [0.29, 0.717) is 6.61 Å². The van der Waals surface area contributed by atoms with Crippen LogP contribution in [0, 0.1) is 0 Å². The molecule has 3 nitrogen and oxygen atoms in total. The molecule has 0 spiro atoms. The number of nitrogens with zero attached hydrogens (tertiary/aromatic N) is 2. The highest BCUT2D eigenvalue weighted by Gasteiger charge is 2.03. The lowest BCUT2D eigenvalue weighted by Gasteiger charge is -1.99. The van der Waals surface area contributed by atoms with Crippen LogP contribution in [0.4, 0.5) is 0 Å². The van der Waals surface area contributed by atoms with E-state index in [-0.39, 0.29) is 0 Å². The van der Waals surface area contributed by atoms with E-state index in [1.807, 2.05) is 7.05 Å². The van der Waals surface area contributed by atoms with Crippen LogP contribution in [-0.4, -0.2) is 16.9 Å². The Hall–Kier alpha value is -0.350. The van der Waals surface area contributed by atoms with Gasteiger partial charge in [-0.1, -0.05) is 0 Å². The van der Waals surface area contributed by atoms with Crippen LogP contribution >= 0.6 is 15.9 Å². The van der Waals surface area contributed by atoms with Crippen LogP contribution in [-0.2, 0) is 18.4 Å². The van der Waals surface area contributed by atoms with E-state index >= 15 is 0 Å². The number of methoxy groups -OCH3 is 1. The predicted octanol–water partition coefficient (Wildman–Crippen LogP) is 1.33. The number of hydrogen-bond donors (Lipinski definition) is 0. The monoisotopic (exact) mass is 204 g/mol. The van der Waals surface area contributed by atoms with Gasteiger partial charge >= 0.3 is 0 Å². The molecule has 10 heavy (non-hydrogen) atoms. The van der Waals surface area contributed by atoms with Crippen molar-refractivity contribution in [3.8, 4) is 0 Å². The highest BCUT2D eigenvalue weighted by Crippen LogP contribution is 2.14. The number of ether oxygens (including phenoxy) is 1. The molecular formula is C6H9BrN2O. The fourth-order valence-electron chi connectivity index (χ4n) is 0.735. The Morgan fingerprint density at radius 3 is 2.90 bits per heavy atom. The first-order valence-corrected chi connectivity index (χ1v) is 3.70. The van der Waals surface area contributed by atoms with E-state index in [9.17, 15) is 0 Å². The number of aryl methyl sites for hydroxylation is 1. The molecule has 1 aromatic rings. The average Bonchev–Trinajstić information content (AvgIpc) is 2.20. The van der Waals surface area contributed by atoms with Gasteiger partial charge in [0.25, 0.3) is 0 Å². The molecule has 0 amide bonds. The highest BCUT2D eigenvalue weighted by molar-refractivity contribution is 9.10. The summed E-state index contributed by atoms with van der Waals surface area (Å²) in [5, 5.41) is 4.02. The summed E-state index contributed by atoms with van der Waals surface area (Å²) in [6.07, 6.45) is 1.76. The van der Waals surface area contributed by atoms with Gasteiger partial charge in [-0.15, -0.1) is 0 Å². The maximum atomic E-state index is 4.96. The van der Waals surface area contributed by atoms with Crippen LogP contribution in [0.1, 0.15) is 5.69 Å². The fourth-order valence-corrected chi connectivity index (χ4v) is 1.20. The van der Waals surface area contributed by atoms with Crippen LogP contribution in [0.25, 0.3) is 0 Å². The molecule has 1 heterocycles. The zero-order chi connectivity index (χ0) is 7.56. The molecule has 0 radical (unpaired) electrons. The van der Waals surface area contributed by atoms with Gasteiger partial charge in [-0.25, -0.2) is 0 Å². The second-order valence-electron chi connectivity index (χ2n) is 2.00. The van der Waals surface area contributed by atoms with Crippen molar-refractivity contribution in [2.24, 2.45) is 7.05 Å². The summed E-state index contributed by atoms with van der Waals surface area (Å²) in [7, 11) is 3.55. The number of hydrogen-bond acceptors (Lipinski definition) is 2. The predicted molar refractivity (Wildman–Crippen MR) is 41.6 cm³/mol. The van der Waals surface area contributed by atoms with Gasteiger partial charge < -0.3 is 4.74 Å². The van der Waals surface area contributed by atoms with Gasteiger partial charge in [0.15, 0.2) is 0 Å². The van der Waals surface area contributed by atoms with Gasteiger partial charge in [0.2, 0.25) is 0 Å². The maximum absolute atomic E-state index is 4.96. The zero-order valence-corrected chi connectivity index (χ0v) is 7.55. The topological polar surface area (TPSA) is 27.1 Å². The summed E-state index contributed by atoms with van der Waals surface area (Å²) in [5.74, 6) is 0. The lowest BCUT2D eigenvalue weighted by molar-refractivity contribution is 0.177. The summed E-state index contributed by atoms with van der Waals surface area (Å²) < 4.78 is 7.74. The molecule has 0 saturated heterocycles. The van der Waals surface area contributed by atoms with Gasteiger partial charge in [0.1, 0.15) is 0 Å². The third-order valence-electron chi connectivity index (χ3n) is 1.29. The van der Waals surface area contributed by atoms with Crippen LogP contribution in [0.3, 0.4) is 0 Å². The minimum absolute atomic E-state index is 0.594. The molecule has 0 aliphatic heterocycles. The summed E-state index contributed by atoms with van der Waals surface area (Å²) >= 11 is 3.35. The number of rotatable bonds is 2. The first-order chi connectivity index (χ1) is 4.75. The second-order valence-corrected chi connectivity index (χ2v) is 2.85. The smallest absolute Gasteiger partial charge is 0.0892 e. The van der Waals surface area contributed by atoms with E-state index < -0.39 is 0 Å². The van der Waals surface area contributed by atoms with E-state index in [1.165, 1.54) is 0 Å². The Balaban J connectivity index is 2.87. The molecular weight excluding hydrogens is 196 g/mol. The van der Waals surface area contributed by atoms with Gasteiger partial charge in [0, 0.05) is 14.2 Å². The van der Waals surface area contributed by atoms with Crippen molar-refractivity contribution < 1.29 is 4.74 Å². The van der Waals surface area contributed by atoms with Gasteiger partial charge in [-0.3, -0.25) is 4.68 Å². The van der Waals surface area contributed by atoms with Crippen molar-refractivity contribution in [2.45, 2.75) is 6.61 Å². The van der Waals surface area contributed by atoms with Crippen molar-refractivity contribution in [1.82, 2.24) is 9.78 Å². The molecule has 0 fully saturated rings. The van der Waals surface area contributed by atoms with Gasteiger partial charge in [-0.2, -0.15) is 5.10 Å². The van der Waals surface area contributed by atoms with Crippen molar-refractivity contribution in [3.05, 3.63) is 16.4 Å². The minimum atomic E-state index is 0.594. The molecule has 4 heteroatoms. The highest BCUT2D eigenvalue weighted by atomic mass is 79.9. The molecule has 0 atom stereocenters. The van der Waals surface area contributed by atoms with Crippen LogP contribution in [0.15, 0.2) is 10.7 Å². The molecule has 0 aromatic carbocycles. The number of aromatic nitrogens is 2. The number of halogens is 1. The Morgan fingerprint density at radius 1 is 1.80 bits per heavy atom. The largest absolute Gasteiger partial charge is 0.378 e. The molecule has 1 aromatic heterocycles. The van der Waals surface area contributed by atoms with E-state index in [2.05, 4.69) is 21.0 Å². The standard InChI is InChI=1S/C6H9BrN2O/c1-9-6(4-10-2)5(7)3-8-9/h3H,4H2,1-2H3. The van der Waals surface area contributed by atoms with Crippen molar-refractivity contribution >= 4 is 15.9 Å². The SMILES string of the molecule is COCc1c(Br)cnn1C. The van der Waals surface area contributed by atoms with E-state index in [0.717, 1.165) is 10.2 Å². The lowest BCUT2D eigenvalue weighted by Crippen LogP contribution is -1.99. The molecule has 0 bridgehead atoms. The zero-order valence-electron chi connectivity index (χ0n) is 5.97. The van der Waals surface area contributed by atoms with Crippen molar-refractivity contribution in [1.29, 1.82) is 0 Å². The molecule has 0 N–H and O–H groups in total. The Morgan fingerprint density at radius 2 is 2.50 bits per heavy atom. The Kier molecular flexibility index (Phi) is 2.45. The average molecular weight is 205 g/mol. The summed E-state index contributed by atoms with van der Waals surface area (Å²) in [6.45, 7) is 0.594. The Bertz CT molecular complexity index is 202. The second kappa shape index (κ2) is 3.16. The van der Waals surface area contributed by atoms with Crippen molar-refractivity contribution in [3.63, 3.8) is 0 Å². The third kappa shape index (κ3) is 1.38. The van der Waals surface area contributed by atoms with Gasteiger partial charge in [0.05, 0.1) is 23.0 Å². The lowest BCUT2D eigenvalue weighted by atomic mass is 10.4.